The molecule has 1 aromatic heterocycles. The second-order valence-corrected chi connectivity index (χ2v) is 3.13. The molecule has 1 aromatic carbocycles. The maximum atomic E-state index is 11.1. The van der Waals surface area contributed by atoms with Crippen molar-refractivity contribution in [2.75, 3.05) is 0 Å². The van der Waals surface area contributed by atoms with Gasteiger partial charge in [-0.3, -0.25) is 0 Å². The van der Waals surface area contributed by atoms with Crippen LogP contribution >= 0.6 is 12.4 Å². The highest BCUT2D eigenvalue weighted by Gasteiger charge is 2.08. The van der Waals surface area contributed by atoms with Gasteiger partial charge < -0.3 is 20.4 Å². The van der Waals surface area contributed by atoms with Crippen molar-refractivity contribution in [2.45, 2.75) is 6.54 Å². The highest BCUT2D eigenvalue weighted by molar-refractivity contribution is 5.85. The zero-order valence-electron chi connectivity index (χ0n) is 8.14. The number of nitrogens with two attached hydrogens (primary N) is 1. The van der Waals surface area contributed by atoms with Crippen molar-refractivity contribution in [1.29, 1.82) is 0 Å². The number of benzene rings is 1. The van der Waals surface area contributed by atoms with Crippen molar-refractivity contribution in [2.24, 2.45) is 5.73 Å². The molecule has 0 bridgehead atoms. The average Bonchev–Trinajstić information content (AvgIpc) is 2.19. The van der Waals surface area contributed by atoms with E-state index in [2.05, 4.69) is 0 Å². The number of rotatable bonds is 1. The lowest BCUT2D eigenvalue weighted by Gasteiger charge is -2.04. The Balaban J connectivity index is 0.00000128. The van der Waals surface area contributed by atoms with Gasteiger partial charge in [0.1, 0.15) is 5.58 Å². The van der Waals surface area contributed by atoms with E-state index in [0.29, 0.717) is 10.9 Å². The van der Waals surface area contributed by atoms with Gasteiger partial charge in [0.25, 0.3) is 0 Å². The van der Waals surface area contributed by atoms with Crippen LogP contribution < -0.4 is 11.4 Å². The van der Waals surface area contributed by atoms with E-state index >= 15 is 0 Å². The van der Waals surface area contributed by atoms with Gasteiger partial charge in [0.05, 0.1) is 0 Å². The highest BCUT2D eigenvalue weighted by Crippen LogP contribution is 2.30. The lowest BCUT2D eigenvalue weighted by atomic mass is 10.1. The molecule has 0 aliphatic carbocycles. The Morgan fingerprint density at radius 2 is 1.81 bits per heavy atom. The molecule has 0 amide bonds. The smallest absolute Gasteiger partial charge is 0.336 e. The number of hydrogen-bond acceptors (Lipinski definition) is 5. The topological polar surface area (TPSA) is 96.7 Å². The van der Waals surface area contributed by atoms with Crippen LogP contribution in [0.1, 0.15) is 5.56 Å². The monoisotopic (exact) mass is 243 g/mol. The normalized spacial score (nSPS) is 10.1. The van der Waals surface area contributed by atoms with Crippen LogP contribution in [0.4, 0.5) is 0 Å². The maximum absolute atomic E-state index is 11.1. The number of phenols is 2. The zero-order chi connectivity index (χ0) is 11.0. The van der Waals surface area contributed by atoms with Gasteiger partial charge >= 0.3 is 5.63 Å². The van der Waals surface area contributed by atoms with Crippen LogP contribution in [0, 0.1) is 0 Å². The Bertz CT molecular complexity index is 579. The van der Waals surface area contributed by atoms with E-state index in [1.165, 1.54) is 18.2 Å². The minimum Gasteiger partial charge on any atom is -0.504 e. The Hall–Kier alpha value is -1.72. The number of halogens is 1. The first-order valence-corrected chi connectivity index (χ1v) is 4.30. The molecule has 0 saturated carbocycles. The predicted octanol–water partition coefficient (Wildman–Crippen LogP) is 1.08. The molecule has 16 heavy (non-hydrogen) atoms. The Kier molecular flexibility index (Phi) is 3.41. The minimum atomic E-state index is -0.534. The van der Waals surface area contributed by atoms with Gasteiger partial charge in [0, 0.05) is 24.1 Å². The Morgan fingerprint density at radius 3 is 2.44 bits per heavy atom. The summed E-state index contributed by atoms with van der Waals surface area (Å²) in [4.78, 5) is 11.1. The molecule has 0 aliphatic heterocycles. The van der Waals surface area contributed by atoms with Crippen molar-refractivity contribution in [3.63, 3.8) is 0 Å². The van der Waals surface area contributed by atoms with E-state index < -0.39 is 5.63 Å². The summed E-state index contributed by atoms with van der Waals surface area (Å²) in [7, 11) is 0. The summed E-state index contributed by atoms with van der Waals surface area (Å²) in [5, 5.41) is 19.0. The van der Waals surface area contributed by atoms with E-state index in [0.717, 1.165) is 0 Å². The summed E-state index contributed by atoms with van der Waals surface area (Å²) < 4.78 is 4.86. The van der Waals surface area contributed by atoms with Crippen LogP contribution in [-0.4, -0.2) is 10.2 Å². The average molecular weight is 244 g/mol. The molecule has 0 aliphatic rings. The summed E-state index contributed by atoms with van der Waals surface area (Å²) in [6, 6.07) is 3.76. The van der Waals surface area contributed by atoms with Gasteiger partial charge in [0.2, 0.25) is 0 Å². The first kappa shape index (κ1) is 12.4. The molecule has 2 aromatic rings. The molecule has 4 N–H and O–H groups in total. The number of fused-ring (bicyclic) bond motifs is 1. The van der Waals surface area contributed by atoms with E-state index in [-0.39, 0.29) is 36.0 Å². The fraction of sp³-hybridized carbons (Fsp3) is 0.100. The first-order valence-electron chi connectivity index (χ1n) is 4.30. The van der Waals surface area contributed by atoms with Crippen molar-refractivity contribution in [1.82, 2.24) is 0 Å². The summed E-state index contributed by atoms with van der Waals surface area (Å²) in [6.07, 6.45) is 0. The van der Waals surface area contributed by atoms with E-state index in [9.17, 15) is 15.0 Å². The molecule has 0 fully saturated rings. The minimum absolute atomic E-state index is 0. The van der Waals surface area contributed by atoms with Crippen LogP contribution in [-0.2, 0) is 6.54 Å². The Morgan fingerprint density at radius 1 is 1.19 bits per heavy atom. The molecule has 86 valence electrons. The van der Waals surface area contributed by atoms with Gasteiger partial charge in [-0.15, -0.1) is 12.4 Å². The standard InChI is InChI=1S/C10H9NO4.ClH/c11-4-5-1-10(14)15-9-3-8(13)7(12)2-6(5)9;/h1-3,12-13H,4,11H2;1H. The van der Waals surface area contributed by atoms with Crippen molar-refractivity contribution in [3.8, 4) is 11.5 Å². The summed E-state index contributed by atoms with van der Waals surface area (Å²) in [5.41, 5.74) is 5.69. The second kappa shape index (κ2) is 4.42. The number of hydrogen-bond donors (Lipinski definition) is 3. The fourth-order valence-electron chi connectivity index (χ4n) is 1.42. The van der Waals surface area contributed by atoms with Crippen LogP contribution in [0.3, 0.4) is 0 Å². The van der Waals surface area contributed by atoms with Gasteiger partial charge in [-0.25, -0.2) is 4.79 Å². The van der Waals surface area contributed by atoms with Crippen LogP contribution in [0.15, 0.2) is 27.4 Å². The van der Waals surface area contributed by atoms with Crippen molar-refractivity contribution in [3.05, 3.63) is 34.2 Å². The SMILES string of the molecule is Cl.NCc1cc(=O)oc2cc(O)c(O)cc12. The van der Waals surface area contributed by atoms with E-state index in [4.69, 9.17) is 10.2 Å². The molecule has 1 heterocycles. The molecule has 0 spiro atoms. The quantitative estimate of drug-likeness (QED) is 0.515. The van der Waals surface area contributed by atoms with Gasteiger partial charge in [-0.1, -0.05) is 0 Å². The largest absolute Gasteiger partial charge is 0.504 e. The van der Waals surface area contributed by atoms with E-state index in [1.807, 2.05) is 0 Å². The molecule has 0 unspecified atom stereocenters. The van der Waals surface area contributed by atoms with Crippen molar-refractivity contribution < 1.29 is 14.6 Å². The summed E-state index contributed by atoms with van der Waals surface area (Å²) in [5.74, 6) is -0.606. The highest BCUT2D eigenvalue weighted by atomic mass is 35.5. The van der Waals surface area contributed by atoms with Gasteiger partial charge in [0.15, 0.2) is 11.5 Å². The molecule has 5 nitrogen and oxygen atoms in total. The molecule has 2 rings (SSSR count). The molecular weight excluding hydrogens is 234 g/mol. The molecule has 0 radical (unpaired) electrons. The summed E-state index contributed by atoms with van der Waals surface area (Å²) in [6.45, 7) is 0.159. The van der Waals surface area contributed by atoms with Gasteiger partial charge in [-0.2, -0.15) is 0 Å². The lowest BCUT2D eigenvalue weighted by Crippen LogP contribution is -2.04. The first-order chi connectivity index (χ1) is 7.11. The van der Waals surface area contributed by atoms with Crippen LogP contribution in [0.5, 0.6) is 11.5 Å². The third-order valence-corrected chi connectivity index (χ3v) is 2.15. The van der Waals surface area contributed by atoms with Crippen molar-refractivity contribution >= 4 is 23.4 Å². The maximum Gasteiger partial charge on any atom is 0.336 e. The Labute approximate surface area is 96.5 Å². The van der Waals surface area contributed by atoms with Crippen LogP contribution in [0.25, 0.3) is 11.0 Å². The van der Waals surface area contributed by atoms with Gasteiger partial charge in [-0.05, 0) is 11.6 Å². The number of phenolic OH excluding ortho intramolecular Hbond substituents is 2. The predicted molar refractivity (Wildman–Crippen MR) is 61.0 cm³/mol. The van der Waals surface area contributed by atoms with E-state index in [1.54, 1.807) is 0 Å². The molecule has 0 saturated heterocycles. The number of aromatic hydroxyl groups is 2. The molecule has 6 heteroatoms. The second-order valence-electron chi connectivity index (χ2n) is 3.13. The zero-order valence-corrected chi connectivity index (χ0v) is 8.95. The fourth-order valence-corrected chi connectivity index (χ4v) is 1.42. The lowest BCUT2D eigenvalue weighted by molar-refractivity contribution is 0.403. The third kappa shape index (κ3) is 1.95. The van der Waals surface area contributed by atoms with Crippen LogP contribution in [0.2, 0.25) is 0 Å². The summed E-state index contributed by atoms with van der Waals surface area (Å²) >= 11 is 0. The molecule has 0 atom stereocenters. The molecular formula is C10H10ClNO4. The third-order valence-electron chi connectivity index (χ3n) is 2.15.